The van der Waals surface area contributed by atoms with Gasteiger partial charge in [-0.2, -0.15) is 0 Å². The van der Waals surface area contributed by atoms with E-state index >= 15 is 0 Å². The predicted octanol–water partition coefficient (Wildman–Crippen LogP) is 2.00. The number of nitrogens with zero attached hydrogens (tertiary/aromatic N) is 2. The molecule has 0 unspecified atom stereocenters. The second kappa shape index (κ2) is 5.12. The topological polar surface area (TPSA) is 52.9 Å². The van der Waals surface area contributed by atoms with Crippen LogP contribution in [0, 0.1) is 6.92 Å². The summed E-state index contributed by atoms with van der Waals surface area (Å²) in [4.78, 5) is 12.1. The molecule has 0 radical (unpaired) electrons. The molecule has 2 N–H and O–H groups in total. The van der Waals surface area contributed by atoms with Gasteiger partial charge in [0, 0.05) is 6.54 Å². The molecule has 0 bridgehead atoms. The Morgan fingerprint density at radius 1 is 1.17 bits per heavy atom. The Morgan fingerprint density at radius 2 is 1.83 bits per heavy atom. The van der Waals surface area contributed by atoms with Crippen molar-refractivity contribution in [3.05, 3.63) is 51.9 Å². The molecule has 4 heteroatoms. The maximum atomic E-state index is 12.1. The summed E-state index contributed by atoms with van der Waals surface area (Å²) in [6.45, 7) is 5.36. The van der Waals surface area contributed by atoms with E-state index in [2.05, 4.69) is 6.92 Å². The third kappa shape index (κ3) is 2.18. The standard InChI is InChI=1S/C14H19N3O/c1-3-9-16-11(2)13(15)14(18)17(16)10-12-7-5-4-6-8-12/h4-8H,3,9-10,15H2,1-2H3. The van der Waals surface area contributed by atoms with E-state index in [0.717, 1.165) is 24.2 Å². The van der Waals surface area contributed by atoms with Gasteiger partial charge in [0.15, 0.2) is 0 Å². The van der Waals surface area contributed by atoms with Crippen molar-refractivity contribution in [3.63, 3.8) is 0 Å². The number of hydrogen-bond acceptors (Lipinski definition) is 2. The Bertz CT molecular complexity index is 581. The lowest BCUT2D eigenvalue weighted by Crippen LogP contribution is -2.24. The second-order valence-corrected chi connectivity index (χ2v) is 4.47. The number of aromatic nitrogens is 2. The van der Waals surface area contributed by atoms with Gasteiger partial charge in [0.25, 0.3) is 5.56 Å². The Morgan fingerprint density at radius 3 is 2.44 bits per heavy atom. The van der Waals surface area contributed by atoms with Crippen molar-refractivity contribution in [1.29, 1.82) is 0 Å². The van der Waals surface area contributed by atoms with Crippen molar-refractivity contribution < 1.29 is 0 Å². The molecule has 0 saturated heterocycles. The van der Waals surface area contributed by atoms with Crippen LogP contribution in [0.2, 0.25) is 0 Å². The minimum Gasteiger partial charge on any atom is -0.393 e. The molecule has 4 nitrogen and oxygen atoms in total. The van der Waals surface area contributed by atoms with Gasteiger partial charge in [-0.15, -0.1) is 0 Å². The van der Waals surface area contributed by atoms with Crippen LogP contribution in [-0.4, -0.2) is 9.36 Å². The Labute approximate surface area is 107 Å². The van der Waals surface area contributed by atoms with Gasteiger partial charge in [0.05, 0.1) is 12.2 Å². The van der Waals surface area contributed by atoms with Crippen LogP contribution < -0.4 is 11.3 Å². The first kappa shape index (κ1) is 12.5. The van der Waals surface area contributed by atoms with Gasteiger partial charge in [-0.1, -0.05) is 37.3 Å². The van der Waals surface area contributed by atoms with Crippen molar-refractivity contribution in [2.24, 2.45) is 0 Å². The quantitative estimate of drug-likeness (QED) is 0.895. The largest absolute Gasteiger partial charge is 0.393 e. The SMILES string of the molecule is CCCn1c(C)c(N)c(=O)n1Cc1ccccc1. The van der Waals surface area contributed by atoms with Crippen LogP contribution in [0.4, 0.5) is 5.69 Å². The van der Waals surface area contributed by atoms with E-state index in [9.17, 15) is 4.79 Å². The van der Waals surface area contributed by atoms with Crippen LogP contribution in [0.1, 0.15) is 24.6 Å². The molecule has 0 amide bonds. The highest BCUT2D eigenvalue weighted by Crippen LogP contribution is 2.10. The van der Waals surface area contributed by atoms with Crippen LogP contribution in [0.15, 0.2) is 35.1 Å². The Kier molecular flexibility index (Phi) is 3.55. The Hall–Kier alpha value is -1.97. The number of rotatable bonds is 4. The number of benzene rings is 1. The number of anilines is 1. The molecule has 96 valence electrons. The summed E-state index contributed by atoms with van der Waals surface area (Å²) in [5, 5.41) is 0. The third-order valence-corrected chi connectivity index (χ3v) is 3.14. The first-order valence-electron chi connectivity index (χ1n) is 6.24. The Balaban J connectivity index is 2.44. The van der Waals surface area contributed by atoms with E-state index in [1.54, 1.807) is 4.68 Å². The summed E-state index contributed by atoms with van der Waals surface area (Å²) < 4.78 is 3.70. The molecule has 0 atom stereocenters. The fraction of sp³-hybridized carbons (Fsp3) is 0.357. The minimum atomic E-state index is -0.0928. The first-order valence-corrected chi connectivity index (χ1v) is 6.24. The van der Waals surface area contributed by atoms with E-state index in [4.69, 9.17) is 5.73 Å². The summed E-state index contributed by atoms with van der Waals surface area (Å²) in [6.07, 6.45) is 0.975. The zero-order chi connectivity index (χ0) is 13.1. The van der Waals surface area contributed by atoms with E-state index < -0.39 is 0 Å². The van der Waals surface area contributed by atoms with Crippen LogP contribution >= 0.6 is 0 Å². The fourth-order valence-electron chi connectivity index (χ4n) is 2.14. The second-order valence-electron chi connectivity index (χ2n) is 4.47. The van der Waals surface area contributed by atoms with E-state index in [-0.39, 0.29) is 5.56 Å². The first-order chi connectivity index (χ1) is 8.65. The van der Waals surface area contributed by atoms with Gasteiger partial charge in [0.2, 0.25) is 0 Å². The summed E-state index contributed by atoms with van der Waals surface area (Å²) in [7, 11) is 0. The highest BCUT2D eigenvalue weighted by Gasteiger charge is 2.13. The average Bonchev–Trinajstić information content (AvgIpc) is 2.58. The molecule has 1 aromatic carbocycles. The smallest absolute Gasteiger partial charge is 0.290 e. The maximum absolute atomic E-state index is 12.1. The van der Waals surface area contributed by atoms with Gasteiger partial charge >= 0.3 is 0 Å². The zero-order valence-electron chi connectivity index (χ0n) is 10.9. The third-order valence-electron chi connectivity index (χ3n) is 3.14. The molecule has 0 saturated carbocycles. The number of hydrogen-bond donors (Lipinski definition) is 1. The van der Waals surface area contributed by atoms with Crippen LogP contribution in [0.3, 0.4) is 0 Å². The summed E-state index contributed by atoms with van der Waals surface area (Å²) in [6, 6.07) is 9.95. The molecule has 0 aliphatic carbocycles. The molecular formula is C14H19N3O. The van der Waals surface area contributed by atoms with Gasteiger partial charge in [0.1, 0.15) is 5.69 Å². The summed E-state index contributed by atoms with van der Waals surface area (Å²) in [5.74, 6) is 0. The van der Waals surface area contributed by atoms with Gasteiger partial charge < -0.3 is 5.73 Å². The van der Waals surface area contributed by atoms with E-state index in [0.29, 0.717) is 12.2 Å². The average molecular weight is 245 g/mol. The lowest BCUT2D eigenvalue weighted by Gasteiger charge is -2.12. The van der Waals surface area contributed by atoms with Gasteiger partial charge in [-0.05, 0) is 18.9 Å². The molecule has 18 heavy (non-hydrogen) atoms. The lowest BCUT2D eigenvalue weighted by molar-refractivity contribution is 0.457. The lowest BCUT2D eigenvalue weighted by atomic mass is 10.2. The highest BCUT2D eigenvalue weighted by atomic mass is 16.1. The van der Waals surface area contributed by atoms with Gasteiger partial charge in [-0.3, -0.25) is 9.48 Å². The summed E-state index contributed by atoms with van der Waals surface area (Å²) in [5.41, 5.74) is 8.07. The maximum Gasteiger partial charge on any atom is 0.290 e. The van der Waals surface area contributed by atoms with Crippen LogP contribution in [0.25, 0.3) is 0 Å². The predicted molar refractivity (Wildman–Crippen MR) is 73.7 cm³/mol. The normalized spacial score (nSPS) is 10.8. The van der Waals surface area contributed by atoms with Crippen molar-refractivity contribution >= 4 is 5.69 Å². The monoisotopic (exact) mass is 245 g/mol. The highest BCUT2D eigenvalue weighted by molar-refractivity contribution is 5.40. The number of nitrogens with two attached hydrogens (primary N) is 1. The fourth-order valence-corrected chi connectivity index (χ4v) is 2.14. The zero-order valence-corrected chi connectivity index (χ0v) is 10.9. The van der Waals surface area contributed by atoms with E-state index in [1.165, 1.54) is 0 Å². The van der Waals surface area contributed by atoms with Crippen molar-refractivity contribution in [1.82, 2.24) is 9.36 Å². The molecule has 2 rings (SSSR count). The minimum absolute atomic E-state index is 0.0928. The molecule has 0 aliphatic heterocycles. The van der Waals surface area contributed by atoms with E-state index in [1.807, 2.05) is 41.9 Å². The van der Waals surface area contributed by atoms with Crippen LogP contribution in [0.5, 0.6) is 0 Å². The van der Waals surface area contributed by atoms with Crippen molar-refractivity contribution in [3.8, 4) is 0 Å². The molecule has 0 fully saturated rings. The van der Waals surface area contributed by atoms with Gasteiger partial charge in [-0.25, -0.2) is 4.68 Å². The molecular weight excluding hydrogens is 226 g/mol. The van der Waals surface area contributed by atoms with Crippen molar-refractivity contribution in [2.75, 3.05) is 5.73 Å². The molecule has 1 aromatic heterocycles. The summed E-state index contributed by atoms with van der Waals surface area (Å²) >= 11 is 0. The molecule has 0 aliphatic rings. The molecule has 1 heterocycles. The van der Waals surface area contributed by atoms with Crippen molar-refractivity contribution in [2.45, 2.75) is 33.4 Å². The molecule has 0 spiro atoms. The van der Waals surface area contributed by atoms with Crippen LogP contribution in [-0.2, 0) is 13.1 Å². The molecule has 2 aromatic rings. The number of nitrogen functional groups attached to an aromatic ring is 1.